The molecule has 0 saturated heterocycles. The van der Waals surface area contributed by atoms with E-state index in [9.17, 15) is 4.39 Å². The highest BCUT2D eigenvalue weighted by Crippen LogP contribution is 2.24. The average molecular weight is 359 g/mol. The molecule has 0 saturated carbocycles. The Kier molecular flexibility index (Phi) is 7.74. The third-order valence-corrected chi connectivity index (χ3v) is 3.99. The molecule has 0 aliphatic heterocycles. The van der Waals surface area contributed by atoms with Crippen LogP contribution in [-0.4, -0.2) is 40.3 Å². The fourth-order valence-corrected chi connectivity index (χ4v) is 2.63. The van der Waals surface area contributed by atoms with Gasteiger partial charge in [-0.1, -0.05) is 12.1 Å². The lowest BCUT2D eigenvalue weighted by Crippen LogP contribution is -2.39. The number of ether oxygens (including phenoxy) is 2. The Labute approximate surface area is 154 Å². The molecule has 2 aromatic carbocycles. The minimum absolute atomic E-state index is 0.211. The number of halogens is 1. The number of nitrogens with one attached hydrogen (secondary N) is 2. The lowest BCUT2D eigenvalue weighted by molar-refractivity contribution is 0.398. The monoisotopic (exact) mass is 359 g/mol. The summed E-state index contributed by atoms with van der Waals surface area (Å²) >= 11 is 0. The van der Waals surface area contributed by atoms with E-state index in [2.05, 4.69) is 15.6 Å². The Hall–Kier alpha value is -2.76. The van der Waals surface area contributed by atoms with Crippen molar-refractivity contribution in [1.82, 2.24) is 10.6 Å². The van der Waals surface area contributed by atoms with Gasteiger partial charge in [-0.3, -0.25) is 4.99 Å². The molecular weight excluding hydrogens is 333 g/mol. The van der Waals surface area contributed by atoms with Gasteiger partial charge < -0.3 is 20.1 Å². The first-order valence-corrected chi connectivity index (χ1v) is 8.56. The molecule has 0 heterocycles. The first-order chi connectivity index (χ1) is 12.7. The number of hydrogen-bond donors (Lipinski definition) is 2. The molecule has 0 spiro atoms. The second-order valence-corrected chi connectivity index (χ2v) is 5.73. The maximum absolute atomic E-state index is 13.2. The van der Waals surface area contributed by atoms with Crippen molar-refractivity contribution >= 4 is 5.96 Å². The lowest BCUT2D eigenvalue weighted by atomic mass is 10.1. The minimum atomic E-state index is -0.211. The number of aliphatic imine (C=N–C) groups is 1. The average Bonchev–Trinajstić information content (AvgIpc) is 2.66. The van der Waals surface area contributed by atoms with Crippen LogP contribution in [0.15, 0.2) is 47.5 Å². The zero-order chi connectivity index (χ0) is 18.8. The highest BCUT2D eigenvalue weighted by atomic mass is 19.1. The van der Waals surface area contributed by atoms with E-state index >= 15 is 0 Å². The van der Waals surface area contributed by atoms with E-state index in [-0.39, 0.29) is 5.82 Å². The van der Waals surface area contributed by atoms with E-state index < -0.39 is 0 Å². The summed E-state index contributed by atoms with van der Waals surface area (Å²) in [5.41, 5.74) is 2.02. The van der Waals surface area contributed by atoms with Crippen LogP contribution in [0.25, 0.3) is 0 Å². The van der Waals surface area contributed by atoms with Crippen LogP contribution in [0.5, 0.6) is 11.5 Å². The van der Waals surface area contributed by atoms with E-state index in [1.54, 1.807) is 33.4 Å². The van der Waals surface area contributed by atoms with E-state index in [0.717, 1.165) is 35.5 Å². The predicted octanol–water partition coefficient (Wildman–Crippen LogP) is 2.79. The van der Waals surface area contributed by atoms with Crippen LogP contribution in [0.4, 0.5) is 4.39 Å². The summed E-state index contributed by atoms with van der Waals surface area (Å²) in [7, 11) is 5.03. The zero-order valence-electron chi connectivity index (χ0n) is 15.5. The fraction of sp³-hybridized carbons (Fsp3) is 0.350. The first-order valence-electron chi connectivity index (χ1n) is 8.56. The van der Waals surface area contributed by atoms with Gasteiger partial charge in [-0.15, -0.1) is 0 Å². The third kappa shape index (κ3) is 5.95. The Morgan fingerprint density at radius 1 is 1.00 bits per heavy atom. The van der Waals surface area contributed by atoms with Gasteiger partial charge in [0.1, 0.15) is 17.3 Å². The molecule has 0 atom stereocenters. The van der Waals surface area contributed by atoms with Gasteiger partial charge in [0.25, 0.3) is 0 Å². The van der Waals surface area contributed by atoms with Gasteiger partial charge in [0, 0.05) is 20.1 Å². The Balaban J connectivity index is 1.80. The first kappa shape index (κ1) is 19.6. The summed E-state index contributed by atoms with van der Waals surface area (Å²) in [6.07, 6.45) is 1.49. The summed E-state index contributed by atoms with van der Waals surface area (Å²) < 4.78 is 23.8. The zero-order valence-corrected chi connectivity index (χ0v) is 15.5. The highest BCUT2D eigenvalue weighted by molar-refractivity contribution is 5.79. The van der Waals surface area contributed by atoms with Crippen LogP contribution < -0.4 is 20.1 Å². The largest absolute Gasteiger partial charge is 0.497 e. The van der Waals surface area contributed by atoms with Crippen molar-refractivity contribution in [3.05, 3.63) is 59.4 Å². The predicted molar refractivity (Wildman–Crippen MR) is 103 cm³/mol. The van der Waals surface area contributed by atoms with Crippen molar-refractivity contribution < 1.29 is 13.9 Å². The van der Waals surface area contributed by atoms with Crippen molar-refractivity contribution in [2.45, 2.75) is 12.8 Å². The van der Waals surface area contributed by atoms with E-state index in [1.165, 1.54) is 6.07 Å². The molecule has 5 nitrogen and oxygen atoms in total. The maximum atomic E-state index is 13.2. The standard InChI is InChI=1S/C20H26FN3O2/c1-22-20(23-11-9-15-5-4-6-17(21)13-15)24-12-10-16-14-18(25-2)7-8-19(16)26-3/h4-8,13-14H,9-12H2,1-3H3,(H2,22,23,24). The molecule has 0 aromatic heterocycles. The van der Waals surface area contributed by atoms with Gasteiger partial charge in [-0.05, 0) is 54.3 Å². The number of hydrogen-bond acceptors (Lipinski definition) is 3. The van der Waals surface area contributed by atoms with Gasteiger partial charge in [-0.25, -0.2) is 4.39 Å². The quantitative estimate of drug-likeness (QED) is 0.562. The SMILES string of the molecule is CN=C(NCCc1cccc(F)c1)NCCc1cc(OC)ccc1OC. The van der Waals surface area contributed by atoms with Crippen LogP contribution in [0.1, 0.15) is 11.1 Å². The number of methoxy groups -OCH3 is 2. The van der Waals surface area contributed by atoms with Crippen molar-refractivity contribution in [2.24, 2.45) is 4.99 Å². The van der Waals surface area contributed by atoms with Crippen LogP contribution in [0.2, 0.25) is 0 Å². The molecule has 6 heteroatoms. The topological polar surface area (TPSA) is 54.9 Å². The molecule has 0 radical (unpaired) electrons. The molecule has 0 unspecified atom stereocenters. The molecule has 26 heavy (non-hydrogen) atoms. The van der Waals surface area contributed by atoms with Crippen molar-refractivity contribution in [3.8, 4) is 11.5 Å². The maximum Gasteiger partial charge on any atom is 0.190 e. The van der Waals surface area contributed by atoms with Gasteiger partial charge in [-0.2, -0.15) is 0 Å². The summed E-state index contributed by atoms with van der Waals surface area (Å²) in [4.78, 5) is 4.21. The van der Waals surface area contributed by atoms with E-state index in [4.69, 9.17) is 9.47 Å². The van der Waals surface area contributed by atoms with Gasteiger partial charge >= 0.3 is 0 Å². The lowest BCUT2D eigenvalue weighted by Gasteiger charge is -2.14. The second kappa shape index (κ2) is 10.3. The van der Waals surface area contributed by atoms with Crippen LogP contribution in [0.3, 0.4) is 0 Å². The van der Waals surface area contributed by atoms with Crippen molar-refractivity contribution in [1.29, 1.82) is 0 Å². The molecular formula is C20H26FN3O2. The fourth-order valence-electron chi connectivity index (χ4n) is 2.63. The number of rotatable bonds is 8. The Morgan fingerprint density at radius 3 is 2.42 bits per heavy atom. The van der Waals surface area contributed by atoms with Crippen LogP contribution in [-0.2, 0) is 12.8 Å². The molecule has 2 N–H and O–H groups in total. The van der Waals surface area contributed by atoms with Gasteiger partial charge in [0.05, 0.1) is 14.2 Å². The Bertz CT molecular complexity index is 735. The molecule has 0 bridgehead atoms. The van der Waals surface area contributed by atoms with Crippen molar-refractivity contribution in [3.63, 3.8) is 0 Å². The van der Waals surface area contributed by atoms with Crippen molar-refractivity contribution in [2.75, 3.05) is 34.4 Å². The number of nitrogens with zero attached hydrogens (tertiary/aromatic N) is 1. The normalized spacial score (nSPS) is 11.2. The molecule has 2 rings (SSSR count). The van der Waals surface area contributed by atoms with Crippen LogP contribution in [0, 0.1) is 5.82 Å². The summed E-state index contributed by atoms with van der Waals surface area (Å²) in [6, 6.07) is 12.4. The smallest absolute Gasteiger partial charge is 0.190 e. The summed E-state index contributed by atoms with van der Waals surface area (Å²) in [5.74, 6) is 2.14. The molecule has 0 aliphatic carbocycles. The molecule has 140 valence electrons. The van der Waals surface area contributed by atoms with E-state index in [0.29, 0.717) is 19.0 Å². The number of benzene rings is 2. The number of guanidine groups is 1. The van der Waals surface area contributed by atoms with E-state index in [1.807, 2.05) is 24.3 Å². The minimum Gasteiger partial charge on any atom is -0.497 e. The summed E-state index contributed by atoms with van der Waals surface area (Å²) in [5, 5.41) is 6.51. The third-order valence-electron chi connectivity index (χ3n) is 3.99. The molecule has 0 fully saturated rings. The van der Waals surface area contributed by atoms with Gasteiger partial charge in [0.15, 0.2) is 5.96 Å². The highest BCUT2D eigenvalue weighted by Gasteiger charge is 2.06. The molecule has 2 aromatic rings. The second-order valence-electron chi connectivity index (χ2n) is 5.73. The van der Waals surface area contributed by atoms with Crippen LogP contribution >= 0.6 is 0 Å². The Morgan fingerprint density at radius 2 is 1.77 bits per heavy atom. The summed E-state index contributed by atoms with van der Waals surface area (Å²) in [6.45, 7) is 1.37. The van der Waals surface area contributed by atoms with Gasteiger partial charge in [0.2, 0.25) is 0 Å². The molecule has 0 amide bonds. The molecule has 0 aliphatic rings.